The second-order valence-corrected chi connectivity index (χ2v) is 3.01. The number of nitrogens with zero attached hydrogens (tertiary/aromatic N) is 1. The fourth-order valence-electron chi connectivity index (χ4n) is 1.08. The Hall–Kier alpha value is -1.42. The maximum atomic E-state index is 10.7. The number of rotatable bonds is 6. The van der Waals surface area contributed by atoms with Crippen molar-refractivity contribution in [3.8, 4) is 0 Å². The number of hydrogen-bond donors (Lipinski definition) is 0. The molecule has 1 heterocycles. The first-order valence-electron chi connectivity index (χ1n) is 4.87. The van der Waals surface area contributed by atoms with Crippen molar-refractivity contribution in [2.24, 2.45) is 0 Å². The molecule has 0 fully saturated rings. The minimum Gasteiger partial charge on any atom is -0.469 e. The molecule has 4 heteroatoms. The van der Waals surface area contributed by atoms with Gasteiger partial charge in [0.15, 0.2) is 0 Å². The third-order valence-electron chi connectivity index (χ3n) is 1.91. The lowest BCUT2D eigenvalue weighted by molar-refractivity contribution is -0.141. The summed E-state index contributed by atoms with van der Waals surface area (Å²) in [6.45, 7) is 0.980. The molecule has 0 unspecified atom stereocenters. The SMILES string of the molecule is COC(=O)CCOCCc1ccccn1. The molecule has 0 saturated carbocycles. The second kappa shape index (κ2) is 6.95. The van der Waals surface area contributed by atoms with E-state index in [0.29, 0.717) is 19.6 Å². The lowest BCUT2D eigenvalue weighted by Crippen LogP contribution is -2.07. The Labute approximate surface area is 89.2 Å². The van der Waals surface area contributed by atoms with Gasteiger partial charge in [0, 0.05) is 18.3 Å². The van der Waals surface area contributed by atoms with Crippen LogP contribution in [0.1, 0.15) is 12.1 Å². The van der Waals surface area contributed by atoms with Crippen molar-refractivity contribution >= 4 is 5.97 Å². The Morgan fingerprint density at radius 2 is 2.27 bits per heavy atom. The second-order valence-electron chi connectivity index (χ2n) is 3.01. The molecule has 0 atom stereocenters. The normalized spacial score (nSPS) is 9.93. The van der Waals surface area contributed by atoms with Crippen molar-refractivity contribution in [1.29, 1.82) is 0 Å². The molecule has 1 aromatic heterocycles. The van der Waals surface area contributed by atoms with Crippen LogP contribution in [0.3, 0.4) is 0 Å². The summed E-state index contributed by atoms with van der Waals surface area (Å²) in [6.07, 6.45) is 2.82. The van der Waals surface area contributed by atoms with Crippen LogP contribution in [0.15, 0.2) is 24.4 Å². The first-order valence-corrected chi connectivity index (χ1v) is 4.87. The Morgan fingerprint density at radius 1 is 1.40 bits per heavy atom. The summed E-state index contributed by atoms with van der Waals surface area (Å²) in [4.78, 5) is 14.9. The third-order valence-corrected chi connectivity index (χ3v) is 1.91. The summed E-state index contributed by atoms with van der Waals surface area (Å²) < 4.78 is 9.75. The van der Waals surface area contributed by atoms with Gasteiger partial charge in [-0.25, -0.2) is 0 Å². The number of esters is 1. The van der Waals surface area contributed by atoms with Gasteiger partial charge in [-0.2, -0.15) is 0 Å². The molecule has 0 aromatic carbocycles. The standard InChI is InChI=1S/C11H15NO3/c1-14-11(13)6-9-15-8-5-10-4-2-3-7-12-10/h2-4,7H,5-6,8-9H2,1H3. The molecule has 0 radical (unpaired) electrons. The number of hydrogen-bond acceptors (Lipinski definition) is 4. The number of carbonyl (C=O) groups is 1. The topological polar surface area (TPSA) is 48.4 Å². The Bertz CT molecular complexity index is 287. The predicted molar refractivity (Wildman–Crippen MR) is 55.4 cm³/mol. The summed E-state index contributed by atoms with van der Waals surface area (Å²) in [7, 11) is 1.37. The zero-order valence-corrected chi connectivity index (χ0v) is 8.81. The van der Waals surface area contributed by atoms with E-state index in [2.05, 4.69) is 9.72 Å². The summed E-state index contributed by atoms with van der Waals surface area (Å²) in [5.74, 6) is -0.243. The van der Waals surface area contributed by atoms with Gasteiger partial charge >= 0.3 is 5.97 Å². The lowest BCUT2D eigenvalue weighted by atomic mass is 10.3. The predicted octanol–water partition coefficient (Wildman–Crippen LogP) is 1.20. The van der Waals surface area contributed by atoms with Crippen molar-refractivity contribution in [1.82, 2.24) is 4.98 Å². The molecule has 4 nitrogen and oxygen atoms in total. The van der Waals surface area contributed by atoms with Gasteiger partial charge in [0.25, 0.3) is 0 Å². The van der Waals surface area contributed by atoms with Crippen LogP contribution >= 0.6 is 0 Å². The maximum Gasteiger partial charge on any atom is 0.307 e. The maximum absolute atomic E-state index is 10.7. The van der Waals surface area contributed by atoms with E-state index in [1.165, 1.54) is 7.11 Å². The molecular formula is C11H15NO3. The highest BCUT2D eigenvalue weighted by molar-refractivity contribution is 5.69. The largest absolute Gasteiger partial charge is 0.469 e. The van der Waals surface area contributed by atoms with Gasteiger partial charge in [0.2, 0.25) is 0 Å². The van der Waals surface area contributed by atoms with Gasteiger partial charge in [0.05, 0.1) is 26.7 Å². The van der Waals surface area contributed by atoms with Gasteiger partial charge in [-0.15, -0.1) is 0 Å². The molecule has 15 heavy (non-hydrogen) atoms. The Morgan fingerprint density at radius 3 is 2.93 bits per heavy atom. The molecule has 0 spiro atoms. The molecule has 0 bridgehead atoms. The van der Waals surface area contributed by atoms with Crippen molar-refractivity contribution in [3.63, 3.8) is 0 Å². The molecule has 1 rings (SSSR count). The monoisotopic (exact) mass is 209 g/mol. The summed E-state index contributed by atoms with van der Waals surface area (Å²) >= 11 is 0. The Balaban J connectivity index is 2.05. The van der Waals surface area contributed by atoms with Crippen molar-refractivity contribution < 1.29 is 14.3 Å². The molecule has 82 valence electrons. The van der Waals surface area contributed by atoms with E-state index >= 15 is 0 Å². The molecule has 0 saturated heterocycles. The van der Waals surface area contributed by atoms with Crippen LogP contribution in [-0.2, 0) is 20.7 Å². The fourth-order valence-corrected chi connectivity index (χ4v) is 1.08. The lowest BCUT2D eigenvalue weighted by Gasteiger charge is -2.02. The smallest absolute Gasteiger partial charge is 0.307 e. The molecule has 0 N–H and O–H groups in total. The first-order chi connectivity index (χ1) is 7.33. The zero-order chi connectivity index (χ0) is 10.9. The van der Waals surface area contributed by atoms with Gasteiger partial charge in [-0.1, -0.05) is 6.07 Å². The first kappa shape index (κ1) is 11.7. The van der Waals surface area contributed by atoms with Crippen LogP contribution in [-0.4, -0.2) is 31.3 Å². The quantitative estimate of drug-likeness (QED) is 0.522. The van der Waals surface area contributed by atoms with Gasteiger partial charge in [-0.05, 0) is 12.1 Å². The molecule has 1 aromatic rings. The molecule has 0 aliphatic carbocycles. The average Bonchev–Trinajstić information content (AvgIpc) is 2.29. The van der Waals surface area contributed by atoms with E-state index in [1.807, 2.05) is 18.2 Å². The van der Waals surface area contributed by atoms with Crippen LogP contribution in [0, 0.1) is 0 Å². The van der Waals surface area contributed by atoms with Gasteiger partial charge in [-0.3, -0.25) is 9.78 Å². The van der Waals surface area contributed by atoms with Crippen molar-refractivity contribution in [2.45, 2.75) is 12.8 Å². The molecule has 0 amide bonds. The summed E-state index contributed by atoms with van der Waals surface area (Å²) in [5, 5.41) is 0. The van der Waals surface area contributed by atoms with E-state index < -0.39 is 0 Å². The number of pyridine rings is 1. The molecular weight excluding hydrogens is 194 g/mol. The van der Waals surface area contributed by atoms with E-state index in [9.17, 15) is 4.79 Å². The number of aromatic nitrogens is 1. The van der Waals surface area contributed by atoms with Crippen LogP contribution in [0.5, 0.6) is 0 Å². The van der Waals surface area contributed by atoms with Crippen LogP contribution in [0.25, 0.3) is 0 Å². The average molecular weight is 209 g/mol. The highest BCUT2D eigenvalue weighted by Gasteiger charge is 1.99. The number of carbonyl (C=O) groups excluding carboxylic acids is 1. The van der Waals surface area contributed by atoms with Crippen LogP contribution < -0.4 is 0 Å². The van der Waals surface area contributed by atoms with Crippen LogP contribution in [0.2, 0.25) is 0 Å². The van der Waals surface area contributed by atoms with Gasteiger partial charge < -0.3 is 9.47 Å². The summed E-state index contributed by atoms with van der Waals surface area (Å²) in [5.41, 5.74) is 0.996. The highest BCUT2D eigenvalue weighted by atomic mass is 16.5. The highest BCUT2D eigenvalue weighted by Crippen LogP contribution is 1.95. The van der Waals surface area contributed by atoms with Crippen molar-refractivity contribution in [3.05, 3.63) is 30.1 Å². The van der Waals surface area contributed by atoms with E-state index in [4.69, 9.17) is 4.74 Å². The minimum absolute atomic E-state index is 0.243. The molecule has 0 aliphatic rings. The third kappa shape index (κ3) is 5.12. The fraction of sp³-hybridized carbons (Fsp3) is 0.455. The zero-order valence-electron chi connectivity index (χ0n) is 8.81. The minimum atomic E-state index is -0.243. The summed E-state index contributed by atoms with van der Waals surface area (Å²) in [6, 6.07) is 5.77. The number of ether oxygens (including phenoxy) is 2. The van der Waals surface area contributed by atoms with Crippen molar-refractivity contribution in [2.75, 3.05) is 20.3 Å². The number of methoxy groups -OCH3 is 1. The Kier molecular flexibility index (Phi) is 5.40. The van der Waals surface area contributed by atoms with E-state index in [0.717, 1.165) is 12.1 Å². The van der Waals surface area contributed by atoms with E-state index in [-0.39, 0.29) is 5.97 Å². The van der Waals surface area contributed by atoms with Crippen LogP contribution in [0.4, 0.5) is 0 Å². The van der Waals surface area contributed by atoms with E-state index in [1.54, 1.807) is 6.20 Å². The van der Waals surface area contributed by atoms with Gasteiger partial charge in [0.1, 0.15) is 0 Å². The molecule has 0 aliphatic heterocycles.